The van der Waals surface area contributed by atoms with Crippen molar-refractivity contribution in [3.8, 4) is 0 Å². The van der Waals surface area contributed by atoms with Crippen molar-refractivity contribution in [3.05, 3.63) is 41.5 Å². The number of hydrogen-bond acceptors (Lipinski definition) is 5. The van der Waals surface area contributed by atoms with Gasteiger partial charge in [0.15, 0.2) is 5.82 Å². The highest BCUT2D eigenvalue weighted by Gasteiger charge is 2.26. The van der Waals surface area contributed by atoms with Gasteiger partial charge in [0, 0.05) is 25.7 Å². The van der Waals surface area contributed by atoms with Gasteiger partial charge in [-0.1, -0.05) is 0 Å². The highest BCUT2D eigenvalue weighted by atomic mass is 19.1. The summed E-state index contributed by atoms with van der Waals surface area (Å²) in [7, 11) is 0. The summed E-state index contributed by atoms with van der Waals surface area (Å²) in [6.07, 6.45) is -0.143. The fourth-order valence-electron chi connectivity index (χ4n) is 3.33. The fraction of sp³-hybridized carbons (Fsp3) is 0.471. The average Bonchev–Trinajstić information content (AvgIpc) is 3.17. The number of benzene rings is 1. The Morgan fingerprint density at radius 2 is 2.24 bits per heavy atom. The maximum absolute atomic E-state index is 13.5. The lowest BCUT2D eigenvalue weighted by atomic mass is 10.2. The fourth-order valence-corrected chi connectivity index (χ4v) is 3.33. The van der Waals surface area contributed by atoms with E-state index in [2.05, 4.69) is 36.6 Å². The second-order valence-corrected chi connectivity index (χ2v) is 6.28. The number of morpholine rings is 1. The molecule has 3 heterocycles. The third-order valence-electron chi connectivity index (χ3n) is 4.52. The molecule has 0 bridgehead atoms. The Balaban J connectivity index is 1.56. The first-order valence-corrected chi connectivity index (χ1v) is 8.51. The number of halogens is 1. The van der Waals surface area contributed by atoms with Crippen molar-refractivity contribution in [3.63, 3.8) is 0 Å². The van der Waals surface area contributed by atoms with Gasteiger partial charge in [0.2, 0.25) is 0 Å². The third-order valence-corrected chi connectivity index (χ3v) is 4.52. The molecule has 1 aliphatic heterocycles. The SMILES string of the molecule is CCn1c(CN2CCOC(c3n[nH]c(C)n3)C2)nc2cc(F)ccc21. The average molecular weight is 344 g/mol. The van der Waals surface area contributed by atoms with Crippen molar-refractivity contribution in [1.29, 1.82) is 0 Å². The van der Waals surface area contributed by atoms with Crippen LogP contribution in [0.25, 0.3) is 11.0 Å². The summed E-state index contributed by atoms with van der Waals surface area (Å²) in [5, 5.41) is 7.07. The number of H-pyrrole nitrogens is 1. The lowest BCUT2D eigenvalue weighted by Gasteiger charge is -2.31. The smallest absolute Gasteiger partial charge is 0.180 e. The molecule has 0 saturated carbocycles. The van der Waals surface area contributed by atoms with E-state index in [1.54, 1.807) is 6.07 Å². The molecule has 1 aliphatic rings. The Morgan fingerprint density at radius 1 is 1.36 bits per heavy atom. The van der Waals surface area contributed by atoms with E-state index in [0.717, 1.165) is 30.3 Å². The molecule has 25 heavy (non-hydrogen) atoms. The van der Waals surface area contributed by atoms with Crippen molar-refractivity contribution in [2.45, 2.75) is 33.0 Å². The molecule has 0 aliphatic carbocycles. The molecule has 1 unspecified atom stereocenters. The molecule has 132 valence electrons. The zero-order valence-electron chi connectivity index (χ0n) is 14.4. The number of hydrogen-bond donors (Lipinski definition) is 1. The van der Waals surface area contributed by atoms with E-state index in [1.807, 2.05) is 6.92 Å². The number of aromatic nitrogens is 5. The van der Waals surface area contributed by atoms with Crippen molar-refractivity contribution in [2.75, 3.05) is 19.7 Å². The highest BCUT2D eigenvalue weighted by molar-refractivity contribution is 5.76. The van der Waals surface area contributed by atoms with Crippen LogP contribution in [-0.4, -0.2) is 49.3 Å². The van der Waals surface area contributed by atoms with Crippen LogP contribution in [0.1, 0.15) is 30.5 Å². The number of imidazole rings is 1. The molecular formula is C17H21FN6O. The van der Waals surface area contributed by atoms with E-state index in [-0.39, 0.29) is 11.9 Å². The Labute approximate surface area is 144 Å². The van der Waals surface area contributed by atoms with Crippen molar-refractivity contribution < 1.29 is 9.13 Å². The summed E-state index contributed by atoms with van der Waals surface area (Å²) in [5.41, 5.74) is 1.67. The molecule has 4 rings (SSSR count). The molecule has 0 radical (unpaired) electrons. The number of aromatic amines is 1. The summed E-state index contributed by atoms with van der Waals surface area (Å²) in [6, 6.07) is 4.77. The van der Waals surface area contributed by atoms with Crippen LogP contribution in [0.4, 0.5) is 4.39 Å². The summed E-state index contributed by atoms with van der Waals surface area (Å²) in [4.78, 5) is 11.3. The van der Waals surface area contributed by atoms with E-state index >= 15 is 0 Å². The number of ether oxygens (including phenoxy) is 1. The zero-order chi connectivity index (χ0) is 17.4. The first-order chi connectivity index (χ1) is 12.1. The quantitative estimate of drug-likeness (QED) is 0.785. The van der Waals surface area contributed by atoms with Gasteiger partial charge in [-0.25, -0.2) is 14.4 Å². The maximum atomic E-state index is 13.5. The van der Waals surface area contributed by atoms with Crippen LogP contribution in [0, 0.1) is 12.7 Å². The van der Waals surface area contributed by atoms with Gasteiger partial charge in [0.25, 0.3) is 0 Å². The lowest BCUT2D eigenvalue weighted by molar-refractivity contribution is -0.0380. The summed E-state index contributed by atoms with van der Waals surface area (Å²) in [5.74, 6) is 2.15. The van der Waals surface area contributed by atoms with Gasteiger partial charge in [-0.05, 0) is 26.0 Å². The number of nitrogens with zero attached hydrogens (tertiary/aromatic N) is 5. The van der Waals surface area contributed by atoms with E-state index in [9.17, 15) is 4.39 Å². The second kappa shape index (κ2) is 6.53. The molecule has 0 amide bonds. The lowest BCUT2D eigenvalue weighted by Crippen LogP contribution is -2.38. The number of rotatable bonds is 4. The summed E-state index contributed by atoms with van der Waals surface area (Å²) >= 11 is 0. The predicted octanol–water partition coefficient (Wildman–Crippen LogP) is 2.20. The number of aryl methyl sites for hydroxylation is 2. The molecule has 1 aromatic carbocycles. The van der Waals surface area contributed by atoms with Crippen LogP contribution in [0.2, 0.25) is 0 Å². The van der Waals surface area contributed by atoms with E-state index < -0.39 is 0 Å². The second-order valence-electron chi connectivity index (χ2n) is 6.28. The number of fused-ring (bicyclic) bond motifs is 1. The topological polar surface area (TPSA) is 71.9 Å². The molecule has 1 fully saturated rings. The van der Waals surface area contributed by atoms with Gasteiger partial charge in [0.1, 0.15) is 23.6 Å². The van der Waals surface area contributed by atoms with Crippen LogP contribution < -0.4 is 0 Å². The van der Waals surface area contributed by atoms with Crippen LogP contribution >= 0.6 is 0 Å². The Bertz CT molecular complexity index is 889. The van der Waals surface area contributed by atoms with Gasteiger partial charge >= 0.3 is 0 Å². The Morgan fingerprint density at radius 3 is 3.00 bits per heavy atom. The molecule has 7 nitrogen and oxygen atoms in total. The molecule has 2 aromatic heterocycles. The van der Waals surface area contributed by atoms with Gasteiger partial charge in [-0.3, -0.25) is 10.00 Å². The minimum absolute atomic E-state index is 0.143. The van der Waals surface area contributed by atoms with Crippen LogP contribution in [-0.2, 0) is 17.8 Å². The monoisotopic (exact) mass is 344 g/mol. The van der Waals surface area contributed by atoms with Gasteiger partial charge in [0.05, 0.1) is 24.2 Å². The first kappa shape index (κ1) is 16.2. The van der Waals surface area contributed by atoms with Gasteiger partial charge < -0.3 is 9.30 Å². The largest absolute Gasteiger partial charge is 0.367 e. The Kier molecular flexibility index (Phi) is 4.22. The van der Waals surface area contributed by atoms with Crippen molar-refractivity contribution in [1.82, 2.24) is 29.6 Å². The highest BCUT2D eigenvalue weighted by Crippen LogP contribution is 2.23. The van der Waals surface area contributed by atoms with Crippen molar-refractivity contribution in [2.24, 2.45) is 0 Å². The summed E-state index contributed by atoms with van der Waals surface area (Å²) in [6.45, 7) is 7.59. The summed E-state index contributed by atoms with van der Waals surface area (Å²) < 4.78 is 21.4. The molecular weight excluding hydrogens is 323 g/mol. The minimum atomic E-state index is -0.258. The zero-order valence-corrected chi connectivity index (χ0v) is 14.4. The van der Waals surface area contributed by atoms with E-state index in [1.165, 1.54) is 12.1 Å². The minimum Gasteiger partial charge on any atom is -0.367 e. The van der Waals surface area contributed by atoms with Crippen LogP contribution in [0.3, 0.4) is 0 Å². The maximum Gasteiger partial charge on any atom is 0.180 e. The van der Waals surface area contributed by atoms with E-state index in [0.29, 0.717) is 31.0 Å². The van der Waals surface area contributed by atoms with Crippen LogP contribution in [0.5, 0.6) is 0 Å². The molecule has 3 aromatic rings. The number of nitrogens with one attached hydrogen (secondary N) is 1. The Hall–Kier alpha value is -2.32. The molecule has 8 heteroatoms. The molecule has 1 saturated heterocycles. The third kappa shape index (κ3) is 3.14. The molecule has 1 atom stereocenters. The van der Waals surface area contributed by atoms with Crippen LogP contribution in [0.15, 0.2) is 18.2 Å². The molecule has 1 N–H and O–H groups in total. The molecule has 0 spiro atoms. The van der Waals surface area contributed by atoms with Gasteiger partial charge in [-0.2, -0.15) is 5.10 Å². The predicted molar refractivity (Wildman–Crippen MR) is 90.5 cm³/mol. The standard InChI is InChI=1S/C17H21FN6O/c1-3-24-14-5-4-12(18)8-13(14)20-16(24)10-23-6-7-25-15(9-23)17-19-11(2)21-22-17/h4-5,8,15H,3,6-7,9-10H2,1-2H3,(H,19,21,22). The van der Waals surface area contributed by atoms with Gasteiger partial charge in [-0.15, -0.1) is 0 Å². The first-order valence-electron chi connectivity index (χ1n) is 8.51. The van der Waals surface area contributed by atoms with E-state index in [4.69, 9.17) is 4.74 Å². The van der Waals surface area contributed by atoms with Crippen molar-refractivity contribution >= 4 is 11.0 Å². The normalized spacial score (nSPS) is 18.9.